The highest BCUT2D eigenvalue weighted by molar-refractivity contribution is 5.27. The highest BCUT2D eigenvalue weighted by Gasteiger charge is 2.08. The molecule has 1 aromatic heterocycles. The maximum Gasteiger partial charge on any atom is 0.225 e. The zero-order valence-corrected chi connectivity index (χ0v) is 10.9. The molecule has 0 aliphatic carbocycles. The van der Waals surface area contributed by atoms with E-state index >= 15 is 0 Å². The summed E-state index contributed by atoms with van der Waals surface area (Å²) in [6, 6.07) is 1.77. The molecule has 0 atom stereocenters. The number of nitrogens with one attached hydrogen (secondary N) is 2. The maximum absolute atomic E-state index is 5.33. The summed E-state index contributed by atoms with van der Waals surface area (Å²) in [5.41, 5.74) is 0. The van der Waals surface area contributed by atoms with Crippen molar-refractivity contribution in [2.45, 2.75) is 6.92 Å². The van der Waals surface area contributed by atoms with Gasteiger partial charge in [-0.2, -0.15) is 4.98 Å². The molecule has 0 saturated carbocycles. The summed E-state index contributed by atoms with van der Waals surface area (Å²) in [5.74, 6) is 1.26. The second-order valence-electron chi connectivity index (χ2n) is 4.17. The summed E-state index contributed by atoms with van der Waals surface area (Å²) in [6.07, 6.45) is 1.71. The number of rotatable bonds is 6. The van der Waals surface area contributed by atoms with Gasteiger partial charge in [-0.3, -0.25) is 4.90 Å². The topological polar surface area (TPSA) is 62.3 Å². The molecule has 2 rings (SSSR count). The molecular formula is C12H21N5O. The van der Waals surface area contributed by atoms with E-state index in [9.17, 15) is 0 Å². The van der Waals surface area contributed by atoms with E-state index in [4.69, 9.17) is 4.74 Å². The minimum atomic E-state index is 0.622. The average molecular weight is 251 g/mol. The molecule has 1 saturated heterocycles. The number of hydrogen-bond acceptors (Lipinski definition) is 6. The van der Waals surface area contributed by atoms with E-state index in [1.54, 1.807) is 12.3 Å². The molecule has 18 heavy (non-hydrogen) atoms. The lowest BCUT2D eigenvalue weighted by Crippen LogP contribution is -2.45. The summed E-state index contributed by atoms with van der Waals surface area (Å²) in [6.45, 7) is 8.83. The van der Waals surface area contributed by atoms with Crippen molar-refractivity contribution in [2.24, 2.45) is 0 Å². The fraction of sp³-hybridized carbons (Fsp3) is 0.667. The number of hydrogen-bond donors (Lipinski definition) is 2. The minimum Gasteiger partial charge on any atom is -0.478 e. The van der Waals surface area contributed by atoms with Crippen molar-refractivity contribution >= 4 is 5.95 Å². The van der Waals surface area contributed by atoms with Crippen molar-refractivity contribution in [3.05, 3.63) is 12.3 Å². The van der Waals surface area contributed by atoms with E-state index in [1.807, 2.05) is 6.92 Å². The van der Waals surface area contributed by atoms with E-state index in [2.05, 4.69) is 25.5 Å². The molecule has 2 N–H and O–H groups in total. The molecule has 6 nitrogen and oxygen atoms in total. The maximum atomic E-state index is 5.33. The number of piperazine rings is 1. The van der Waals surface area contributed by atoms with Crippen LogP contribution in [0.5, 0.6) is 5.88 Å². The SMILES string of the molecule is CCOc1ccnc(NCCN2CCNCC2)n1. The second-order valence-corrected chi connectivity index (χ2v) is 4.17. The van der Waals surface area contributed by atoms with Crippen LogP contribution in [0.15, 0.2) is 12.3 Å². The van der Waals surface area contributed by atoms with Gasteiger partial charge in [-0.15, -0.1) is 0 Å². The Hall–Kier alpha value is -1.40. The highest BCUT2D eigenvalue weighted by atomic mass is 16.5. The zero-order chi connectivity index (χ0) is 12.6. The summed E-state index contributed by atoms with van der Waals surface area (Å²) >= 11 is 0. The molecule has 0 aromatic carbocycles. The standard InChI is InChI=1S/C12H21N5O/c1-2-18-11-3-4-14-12(16-11)15-7-10-17-8-5-13-6-9-17/h3-4,13H,2,5-10H2,1H3,(H,14,15,16). The van der Waals surface area contributed by atoms with Gasteiger partial charge in [0.05, 0.1) is 6.61 Å². The molecule has 0 spiro atoms. The molecule has 2 heterocycles. The van der Waals surface area contributed by atoms with E-state index in [1.165, 1.54) is 0 Å². The molecular weight excluding hydrogens is 230 g/mol. The largest absolute Gasteiger partial charge is 0.478 e. The Balaban J connectivity index is 1.73. The Bertz CT molecular complexity index is 354. The van der Waals surface area contributed by atoms with Gasteiger partial charge in [0.2, 0.25) is 11.8 Å². The van der Waals surface area contributed by atoms with Crippen molar-refractivity contribution in [1.29, 1.82) is 0 Å². The van der Waals surface area contributed by atoms with Crippen molar-refractivity contribution in [1.82, 2.24) is 20.2 Å². The van der Waals surface area contributed by atoms with Crippen LogP contribution in [0.1, 0.15) is 6.92 Å². The minimum absolute atomic E-state index is 0.622. The predicted octanol–water partition coefficient (Wildman–Crippen LogP) is 0.192. The molecule has 100 valence electrons. The molecule has 1 aliphatic rings. The van der Waals surface area contributed by atoms with Crippen LogP contribution >= 0.6 is 0 Å². The van der Waals surface area contributed by atoms with Crippen molar-refractivity contribution < 1.29 is 4.74 Å². The van der Waals surface area contributed by atoms with Gasteiger partial charge in [-0.25, -0.2) is 4.98 Å². The summed E-state index contributed by atoms with van der Waals surface area (Å²) in [5, 5.41) is 6.57. The Morgan fingerprint density at radius 1 is 1.44 bits per heavy atom. The normalized spacial score (nSPS) is 16.5. The van der Waals surface area contributed by atoms with Crippen LogP contribution in [0.25, 0.3) is 0 Å². The lowest BCUT2D eigenvalue weighted by atomic mass is 10.3. The first-order valence-corrected chi connectivity index (χ1v) is 6.51. The third kappa shape index (κ3) is 4.12. The van der Waals surface area contributed by atoms with Gasteiger partial charge in [-0.1, -0.05) is 0 Å². The summed E-state index contributed by atoms with van der Waals surface area (Å²) in [4.78, 5) is 10.9. The van der Waals surface area contributed by atoms with Crippen LogP contribution in [0.3, 0.4) is 0 Å². The third-order valence-corrected chi connectivity index (χ3v) is 2.84. The molecule has 1 aliphatic heterocycles. The van der Waals surface area contributed by atoms with Crippen molar-refractivity contribution in [3.8, 4) is 5.88 Å². The van der Waals surface area contributed by atoms with Gasteiger partial charge < -0.3 is 15.4 Å². The molecule has 0 bridgehead atoms. The number of ether oxygens (including phenoxy) is 1. The monoisotopic (exact) mass is 251 g/mol. The van der Waals surface area contributed by atoms with Gasteiger partial charge in [0, 0.05) is 51.5 Å². The number of nitrogens with zero attached hydrogens (tertiary/aromatic N) is 3. The zero-order valence-electron chi connectivity index (χ0n) is 10.9. The van der Waals surface area contributed by atoms with Crippen LogP contribution in [-0.4, -0.2) is 60.7 Å². The summed E-state index contributed by atoms with van der Waals surface area (Å²) in [7, 11) is 0. The lowest BCUT2D eigenvalue weighted by molar-refractivity contribution is 0.249. The Morgan fingerprint density at radius 3 is 3.06 bits per heavy atom. The molecule has 1 aromatic rings. The molecule has 0 unspecified atom stereocenters. The molecule has 6 heteroatoms. The van der Waals surface area contributed by atoms with E-state index in [-0.39, 0.29) is 0 Å². The van der Waals surface area contributed by atoms with Gasteiger partial charge in [0.1, 0.15) is 0 Å². The first kappa shape index (κ1) is 13.0. The summed E-state index contributed by atoms with van der Waals surface area (Å²) < 4.78 is 5.33. The Labute approximate surface area is 108 Å². The van der Waals surface area contributed by atoms with Crippen LogP contribution in [0, 0.1) is 0 Å². The van der Waals surface area contributed by atoms with E-state index in [0.29, 0.717) is 18.4 Å². The number of aromatic nitrogens is 2. The van der Waals surface area contributed by atoms with Gasteiger partial charge in [0.15, 0.2) is 0 Å². The fourth-order valence-electron chi connectivity index (χ4n) is 1.92. The first-order chi connectivity index (χ1) is 8.88. The van der Waals surface area contributed by atoms with Gasteiger partial charge >= 0.3 is 0 Å². The third-order valence-electron chi connectivity index (χ3n) is 2.84. The fourth-order valence-corrected chi connectivity index (χ4v) is 1.92. The van der Waals surface area contributed by atoms with Crippen molar-refractivity contribution in [3.63, 3.8) is 0 Å². The van der Waals surface area contributed by atoms with Crippen molar-refractivity contribution in [2.75, 3.05) is 51.2 Å². The Kier molecular flexibility index (Phi) is 5.16. The number of anilines is 1. The Morgan fingerprint density at radius 2 is 2.28 bits per heavy atom. The lowest BCUT2D eigenvalue weighted by Gasteiger charge is -2.27. The van der Waals surface area contributed by atoms with E-state index < -0.39 is 0 Å². The van der Waals surface area contributed by atoms with Crippen LogP contribution in [0.4, 0.5) is 5.95 Å². The first-order valence-electron chi connectivity index (χ1n) is 6.51. The van der Waals surface area contributed by atoms with Crippen LogP contribution in [-0.2, 0) is 0 Å². The van der Waals surface area contributed by atoms with Gasteiger partial charge in [-0.05, 0) is 6.92 Å². The van der Waals surface area contributed by atoms with Crippen LogP contribution < -0.4 is 15.4 Å². The quantitative estimate of drug-likeness (QED) is 0.753. The highest BCUT2D eigenvalue weighted by Crippen LogP contribution is 2.07. The molecule has 0 amide bonds. The van der Waals surface area contributed by atoms with E-state index in [0.717, 1.165) is 39.3 Å². The molecule has 1 fully saturated rings. The smallest absolute Gasteiger partial charge is 0.225 e. The predicted molar refractivity (Wildman–Crippen MR) is 71.0 cm³/mol. The van der Waals surface area contributed by atoms with Crippen LogP contribution in [0.2, 0.25) is 0 Å². The average Bonchev–Trinajstić information content (AvgIpc) is 2.41. The second kappa shape index (κ2) is 7.13. The van der Waals surface area contributed by atoms with Gasteiger partial charge in [0.25, 0.3) is 0 Å². The molecule has 0 radical (unpaired) electrons.